The van der Waals surface area contributed by atoms with Gasteiger partial charge in [0.15, 0.2) is 5.82 Å². The highest BCUT2D eigenvalue weighted by Crippen LogP contribution is 2.42. The van der Waals surface area contributed by atoms with E-state index < -0.39 is 0 Å². The molecule has 0 saturated heterocycles. The average Bonchev–Trinajstić information content (AvgIpc) is 3.95. The minimum atomic E-state index is 0.665. The summed E-state index contributed by atoms with van der Waals surface area (Å²) in [6, 6.07) is 67.7. The number of hydrogen-bond donors (Lipinski definition) is 0. The van der Waals surface area contributed by atoms with Gasteiger partial charge in [-0.3, -0.25) is 0 Å². The first-order chi connectivity index (χ1) is 29.7. The molecule has 7 heteroatoms. The highest BCUT2D eigenvalue weighted by atomic mass is 32.1. The highest BCUT2D eigenvalue weighted by molar-refractivity contribution is 7.00. The predicted octanol–water partition coefficient (Wildman–Crippen LogP) is 13.6. The van der Waals surface area contributed by atoms with Crippen LogP contribution in [0.4, 0.5) is 0 Å². The number of rotatable bonds is 6. The van der Waals surface area contributed by atoms with Crippen LogP contribution >= 0.6 is 11.7 Å². The van der Waals surface area contributed by atoms with E-state index in [1.807, 2.05) is 30.3 Å². The number of benzene rings is 8. The standard InChI is InChI=1S/C53H32N6S/c1-3-15-33(16-4-1)50-43-31-42(51-52(58-60-57-51)49(43)41-25-7-10-26-44(41)54-50)35-19-13-20-36(29-35)45-32-46(56-53(55-45)34-17-5-2-6-18-34)37-21-14-22-38(30-37)59-47-27-11-8-23-39(47)40-24-9-12-28-48(40)59/h1-32H. The van der Waals surface area contributed by atoms with Crippen LogP contribution in [0, 0.1) is 0 Å². The fraction of sp³-hybridized carbons (Fsp3) is 0. The summed E-state index contributed by atoms with van der Waals surface area (Å²) in [5.41, 5.74) is 14.7. The van der Waals surface area contributed by atoms with Crippen LogP contribution in [0.3, 0.4) is 0 Å². The van der Waals surface area contributed by atoms with Gasteiger partial charge in [-0.2, -0.15) is 8.75 Å². The Bertz CT molecular complexity index is 3560. The Hall–Kier alpha value is -7.87. The molecule has 12 aromatic rings. The summed E-state index contributed by atoms with van der Waals surface area (Å²) in [6.07, 6.45) is 0. The van der Waals surface area contributed by atoms with Crippen LogP contribution in [0.25, 0.3) is 116 Å². The van der Waals surface area contributed by atoms with Gasteiger partial charge in [0.1, 0.15) is 11.0 Å². The van der Waals surface area contributed by atoms with E-state index in [4.69, 9.17) is 23.7 Å². The molecule has 280 valence electrons. The molecular formula is C53H32N6S. The van der Waals surface area contributed by atoms with Crippen LogP contribution in [0.15, 0.2) is 194 Å². The van der Waals surface area contributed by atoms with Crippen LogP contribution in [-0.4, -0.2) is 28.3 Å². The fourth-order valence-electron chi connectivity index (χ4n) is 8.71. The zero-order chi connectivity index (χ0) is 39.6. The van der Waals surface area contributed by atoms with Crippen molar-refractivity contribution in [1.82, 2.24) is 28.3 Å². The van der Waals surface area contributed by atoms with E-state index in [2.05, 4.69) is 168 Å². The van der Waals surface area contributed by atoms with Crippen molar-refractivity contribution in [1.29, 1.82) is 0 Å². The highest BCUT2D eigenvalue weighted by Gasteiger charge is 2.20. The molecule has 0 fully saturated rings. The molecule has 6 nitrogen and oxygen atoms in total. The molecule has 0 aliphatic carbocycles. The second-order valence-electron chi connectivity index (χ2n) is 15.0. The lowest BCUT2D eigenvalue weighted by atomic mass is 9.93. The summed E-state index contributed by atoms with van der Waals surface area (Å²) in [5.74, 6) is 0.665. The molecule has 0 saturated carbocycles. The minimum absolute atomic E-state index is 0.665. The van der Waals surface area contributed by atoms with Crippen molar-refractivity contribution < 1.29 is 0 Å². The molecule has 0 aliphatic heterocycles. The van der Waals surface area contributed by atoms with E-state index in [0.29, 0.717) is 5.82 Å². The molecule has 12 rings (SSSR count). The largest absolute Gasteiger partial charge is 0.309 e. The molecular weight excluding hydrogens is 753 g/mol. The maximum atomic E-state index is 5.23. The molecule has 0 unspecified atom stereocenters. The SMILES string of the molecule is c1ccc(-c2nc(-c3cccc(-c4cc5c(-c6ccccc6)nc6ccccc6c5c5nsnc45)c3)cc(-c3cccc(-n4c5ccccc5c5ccccc54)c3)n2)cc1. The lowest BCUT2D eigenvalue weighted by Crippen LogP contribution is -1.98. The van der Waals surface area contributed by atoms with E-state index in [1.54, 1.807) is 0 Å². The molecule has 0 spiro atoms. The zero-order valence-electron chi connectivity index (χ0n) is 32.1. The molecule has 0 bridgehead atoms. The molecule has 0 atom stereocenters. The number of hydrogen-bond acceptors (Lipinski definition) is 6. The molecule has 60 heavy (non-hydrogen) atoms. The van der Waals surface area contributed by atoms with Crippen molar-refractivity contribution in [2.45, 2.75) is 0 Å². The van der Waals surface area contributed by atoms with Crippen LogP contribution in [-0.2, 0) is 0 Å². The van der Waals surface area contributed by atoms with Gasteiger partial charge in [-0.15, -0.1) is 0 Å². The third-order valence-electron chi connectivity index (χ3n) is 11.5. The molecule has 0 N–H and O–H groups in total. The van der Waals surface area contributed by atoms with Crippen LogP contribution in [0.2, 0.25) is 0 Å². The van der Waals surface area contributed by atoms with Crippen LogP contribution < -0.4 is 0 Å². The van der Waals surface area contributed by atoms with Crippen molar-refractivity contribution in [3.8, 4) is 62.0 Å². The lowest BCUT2D eigenvalue weighted by Gasteiger charge is -2.14. The number of aromatic nitrogens is 6. The van der Waals surface area contributed by atoms with Crippen molar-refractivity contribution in [2.75, 3.05) is 0 Å². The van der Waals surface area contributed by atoms with Gasteiger partial charge in [0.05, 0.1) is 45.4 Å². The van der Waals surface area contributed by atoms with Gasteiger partial charge in [-0.1, -0.05) is 146 Å². The molecule has 4 heterocycles. The Labute approximate surface area is 349 Å². The Balaban J connectivity index is 1.04. The summed E-state index contributed by atoms with van der Waals surface area (Å²) in [6.45, 7) is 0. The Kier molecular flexibility index (Phi) is 7.92. The summed E-state index contributed by atoms with van der Waals surface area (Å²) in [5, 5.41) is 5.63. The molecule has 4 aromatic heterocycles. The van der Waals surface area contributed by atoms with Gasteiger partial charge < -0.3 is 4.57 Å². The maximum absolute atomic E-state index is 5.23. The lowest BCUT2D eigenvalue weighted by molar-refractivity contribution is 1.16. The van der Waals surface area contributed by atoms with Gasteiger partial charge in [-0.05, 0) is 54.1 Å². The first-order valence-electron chi connectivity index (χ1n) is 19.9. The number of para-hydroxylation sites is 3. The summed E-state index contributed by atoms with van der Waals surface area (Å²) in [4.78, 5) is 15.7. The number of pyridine rings is 1. The van der Waals surface area contributed by atoms with Gasteiger partial charge in [0, 0.05) is 60.4 Å². The normalized spacial score (nSPS) is 11.7. The average molecular weight is 785 g/mol. The first-order valence-corrected chi connectivity index (χ1v) is 20.7. The second kappa shape index (κ2) is 13.9. The fourth-order valence-corrected chi connectivity index (χ4v) is 9.28. The quantitative estimate of drug-likeness (QED) is 0.157. The van der Waals surface area contributed by atoms with E-state index in [-0.39, 0.29) is 0 Å². The smallest absolute Gasteiger partial charge is 0.160 e. The second-order valence-corrected chi connectivity index (χ2v) is 15.5. The van der Waals surface area contributed by atoms with Gasteiger partial charge >= 0.3 is 0 Å². The van der Waals surface area contributed by atoms with E-state index >= 15 is 0 Å². The van der Waals surface area contributed by atoms with E-state index in [0.717, 1.165) is 88.9 Å². The third-order valence-corrected chi connectivity index (χ3v) is 12.0. The van der Waals surface area contributed by atoms with E-state index in [1.165, 1.54) is 33.5 Å². The maximum Gasteiger partial charge on any atom is 0.160 e. The topological polar surface area (TPSA) is 69.4 Å². The predicted molar refractivity (Wildman–Crippen MR) is 247 cm³/mol. The summed E-state index contributed by atoms with van der Waals surface area (Å²) in [7, 11) is 0. The number of fused-ring (bicyclic) bond motifs is 8. The molecule has 0 amide bonds. The molecule has 0 aliphatic rings. The van der Waals surface area contributed by atoms with E-state index in [9.17, 15) is 0 Å². The summed E-state index contributed by atoms with van der Waals surface area (Å²) >= 11 is 1.24. The van der Waals surface area contributed by atoms with Gasteiger partial charge in [-0.25, -0.2) is 15.0 Å². The van der Waals surface area contributed by atoms with Gasteiger partial charge in [0.25, 0.3) is 0 Å². The Morgan fingerprint density at radius 3 is 1.68 bits per heavy atom. The molecule has 0 radical (unpaired) electrons. The summed E-state index contributed by atoms with van der Waals surface area (Å²) < 4.78 is 12.2. The zero-order valence-corrected chi connectivity index (χ0v) is 32.9. The van der Waals surface area contributed by atoms with Crippen molar-refractivity contribution in [3.63, 3.8) is 0 Å². The molecule has 8 aromatic carbocycles. The Morgan fingerprint density at radius 2 is 0.950 bits per heavy atom. The number of nitrogens with zero attached hydrogens (tertiary/aromatic N) is 6. The third kappa shape index (κ3) is 5.59. The Morgan fingerprint density at radius 1 is 0.383 bits per heavy atom. The first kappa shape index (κ1) is 34.2. The van der Waals surface area contributed by atoms with Crippen molar-refractivity contribution >= 4 is 66.2 Å². The minimum Gasteiger partial charge on any atom is -0.309 e. The van der Waals surface area contributed by atoms with Crippen LogP contribution in [0.5, 0.6) is 0 Å². The van der Waals surface area contributed by atoms with Crippen molar-refractivity contribution in [2.24, 2.45) is 0 Å². The van der Waals surface area contributed by atoms with Crippen LogP contribution in [0.1, 0.15) is 0 Å². The van der Waals surface area contributed by atoms with Crippen molar-refractivity contribution in [3.05, 3.63) is 194 Å². The van der Waals surface area contributed by atoms with Gasteiger partial charge in [0.2, 0.25) is 0 Å². The monoisotopic (exact) mass is 784 g/mol.